The molecule has 0 radical (unpaired) electrons. The van der Waals surface area contributed by atoms with Crippen molar-refractivity contribution in [3.8, 4) is 0 Å². The van der Waals surface area contributed by atoms with Crippen molar-refractivity contribution in [3.63, 3.8) is 0 Å². The Bertz CT molecular complexity index is 261. The Morgan fingerprint density at radius 1 is 0.722 bits per heavy atom. The van der Waals surface area contributed by atoms with Crippen molar-refractivity contribution < 1.29 is 0 Å². The van der Waals surface area contributed by atoms with E-state index in [1.807, 2.05) is 0 Å². The van der Waals surface area contributed by atoms with E-state index in [-0.39, 0.29) is 0 Å². The number of thiocarbonyl (C=S) groups is 2. The second-order valence-corrected chi connectivity index (χ2v) is 5.31. The van der Waals surface area contributed by atoms with Gasteiger partial charge < -0.3 is 21.3 Å². The van der Waals surface area contributed by atoms with Gasteiger partial charge in [0.2, 0.25) is 0 Å². The molecule has 0 atom stereocenters. The maximum Gasteiger partial charge on any atom is 0.168 e. The van der Waals surface area contributed by atoms with Gasteiger partial charge in [0.25, 0.3) is 0 Å². The zero-order valence-electron chi connectivity index (χ0n) is 10.4. The lowest BCUT2D eigenvalue weighted by Gasteiger charge is -2.31. The van der Waals surface area contributed by atoms with Crippen LogP contribution >= 0.6 is 24.4 Å². The highest BCUT2D eigenvalue weighted by molar-refractivity contribution is 7.80. The van der Waals surface area contributed by atoms with E-state index in [0.29, 0.717) is 0 Å². The molecule has 2 heterocycles. The predicted molar refractivity (Wildman–Crippen MR) is 79.9 cm³/mol. The van der Waals surface area contributed by atoms with Crippen molar-refractivity contribution in [2.75, 3.05) is 39.8 Å². The molecule has 0 amide bonds. The number of hydrogen-bond acceptors (Lipinski definition) is 4. The van der Waals surface area contributed by atoms with Crippen molar-refractivity contribution in [3.05, 3.63) is 0 Å². The molecule has 2 aliphatic heterocycles. The molecule has 2 saturated heterocycles. The van der Waals surface area contributed by atoms with Gasteiger partial charge in [-0.2, -0.15) is 0 Å². The largest absolute Gasteiger partial charge is 0.350 e. The Balaban J connectivity index is 1.51. The van der Waals surface area contributed by atoms with Crippen LogP contribution in [-0.2, 0) is 0 Å². The molecule has 8 heteroatoms. The first-order valence-corrected chi connectivity index (χ1v) is 7.04. The van der Waals surface area contributed by atoms with Gasteiger partial charge in [-0.3, -0.25) is 9.80 Å². The third-order valence-corrected chi connectivity index (χ3v) is 3.63. The van der Waals surface area contributed by atoms with E-state index in [4.69, 9.17) is 24.4 Å². The molecule has 0 bridgehead atoms. The van der Waals surface area contributed by atoms with Gasteiger partial charge in [-0.25, -0.2) is 0 Å². The van der Waals surface area contributed by atoms with Gasteiger partial charge in [0.05, 0.1) is 26.7 Å². The van der Waals surface area contributed by atoms with Crippen molar-refractivity contribution >= 4 is 34.7 Å². The van der Waals surface area contributed by atoms with Crippen LogP contribution in [0.25, 0.3) is 0 Å². The topological polar surface area (TPSA) is 54.6 Å². The molecule has 4 N–H and O–H groups in total. The average molecular weight is 288 g/mol. The molecular weight excluding hydrogens is 268 g/mol. The predicted octanol–water partition coefficient (Wildman–Crippen LogP) is -0.844. The second kappa shape index (κ2) is 7.03. The molecular formula is C10H20N6S2. The van der Waals surface area contributed by atoms with Crippen LogP contribution in [0.1, 0.15) is 12.8 Å². The van der Waals surface area contributed by atoms with E-state index >= 15 is 0 Å². The summed E-state index contributed by atoms with van der Waals surface area (Å²) in [5.74, 6) is 0. The van der Waals surface area contributed by atoms with Crippen LogP contribution in [0.2, 0.25) is 0 Å². The van der Waals surface area contributed by atoms with Crippen LogP contribution in [0, 0.1) is 0 Å². The van der Waals surface area contributed by atoms with Crippen molar-refractivity contribution in [2.24, 2.45) is 0 Å². The summed E-state index contributed by atoms with van der Waals surface area (Å²) in [6.45, 7) is 5.60. The van der Waals surface area contributed by atoms with Crippen LogP contribution in [0.3, 0.4) is 0 Å². The Hall–Kier alpha value is -0.700. The highest BCUT2D eigenvalue weighted by Gasteiger charge is 2.13. The monoisotopic (exact) mass is 288 g/mol. The molecule has 0 aromatic rings. The van der Waals surface area contributed by atoms with Gasteiger partial charge in [0.1, 0.15) is 0 Å². The fraction of sp³-hybridized carbons (Fsp3) is 0.800. The number of rotatable bonds is 5. The summed E-state index contributed by atoms with van der Waals surface area (Å²) in [6.07, 6.45) is 2.38. The van der Waals surface area contributed by atoms with Crippen molar-refractivity contribution in [1.82, 2.24) is 31.1 Å². The maximum absolute atomic E-state index is 5.01. The first-order chi connectivity index (χ1) is 8.74. The molecule has 0 aromatic carbocycles. The number of nitrogens with one attached hydrogen (secondary N) is 4. The van der Waals surface area contributed by atoms with Gasteiger partial charge in [-0.1, -0.05) is 0 Å². The summed E-state index contributed by atoms with van der Waals surface area (Å²) in [7, 11) is 0. The minimum Gasteiger partial charge on any atom is -0.350 e. The molecule has 2 fully saturated rings. The zero-order valence-corrected chi connectivity index (χ0v) is 12.0. The zero-order chi connectivity index (χ0) is 12.8. The van der Waals surface area contributed by atoms with E-state index in [9.17, 15) is 0 Å². The molecule has 0 aromatic heterocycles. The SMILES string of the molecule is S=C1NCN(CCCCN2CNC(=S)NC2)CN1. The van der Waals surface area contributed by atoms with Crippen LogP contribution < -0.4 is 21.3 Å². The molecule has 2 rings (SSSR count). The van der Waals surface area contributed by atoms with Gasteiger partial charge in [-0.15, -0.1) is 0 Å². The highest BCUT2D eigenvalue weighted by atomic mass is 32.1. The Morgan fingerprint density at radius 3 is 1.39 bits per heavy atom. The van der Waals surface area contributed by atoms with Crippen LogP contribution in [0.5, 0.6) is 0 Å². The number of unbranched alkanes of at least 4 members (excludes halogenated alkanes) is 1. The molecule has 0 spiro atoms. The van der Waals surface area contributed by atoms with E-state index in [2.05, 4.69) is 31.1 Å². The Morgan fingerprint density at radius 2 is 1.06 bits per heavy atom. The Kier molecular flexibility index (Phi) is 5.36. The standard InChI is InChI=1S/C10H20N6S2/c17-9-11-5-15(6-12-9)3-1-2-4-16-7-13-10(18)14-8-16/h1-8H2,(H2,11,12,17)(H2,13,14,18). The minimum absolute atomic E-state index is 0.757. The molecule has 0 aliphatic carbocycles. The summed E-state index contributed by atoms with van der Waals surface area (Å²) < 4.78 is 0. The minimum atomic E-state index is 0.757. The number of hydrogen-bond donors (Lipinski definition) is 4. The summed E-state index contributed by atoms with van der Waals surface area (Å²) in [5, 5.41) is 14.0. The normalized spacial score (nSPS) is 21.8. The summed E-state index contributed by atoms with van der Waals surface area (Å²) in [6, 6.07) is 0. The lowest BCUT2D eigenvalue weighted by atomic mass is 10.3. The van der Waals surface area contributed by atoms with E-state index in [1.165, 1.54) is 12.8 Å². The van der Waals surface area contributed by atoms with Gasteiger partial charge in [-0.05, 0) is 37.3 Å². The van der Waals surface area contributed by atoms with E-state index < -0.39 is 0 Å². The summed E-state index contributed by atoms with van der Waals surface area (Å²) in [5.41, 5.74) is 0. The third kappa shape index (κ3) is 4.52. The lowest BCUT2D eigenvalue weighted by molar-refractivity contribution is 0.214. The van der Waals surface area contributed by atoms with E-state index in [1.54, 1.807) is 0 Å². The van der Waals surface area contributed by atoms with Crippen LogP contribution in [0.4, 0.5) is 0 Å². The third-order valence-electron chi connectivity index (χ3n) is 3.05. The molecule has 18 heavy (non-hydrogen) atoms. The first kappa shape index (κ1) is 13.7. The van der Waals surface area contributed by atoms with Crippen LogP contribution in [-0.4, -0.2) is 59.8 Å². The Labute approximate surface area is 118 Å². The molecule has 0 unspecified atom stereocenters. The fourth-order valence-corrected chi connectivity index (χ4v) is 2.22. The fourth-order valence-electron chi connectivity index (χ4n) is 1.96. The molecule has 102 valence electrons. The van der Waals surface area contributed by atoms with Crippen molar-refractivity contribution in [2.45, 2.75) is 12.8 Å². The first-order valence-electron chi connectivity index (χ1n) is 6.22. The van der Waals surface area contributed by atoms with E-state index in [0.717, 1.165) is 50.0 Å². The number of nitrogens with zero attached hydrogens (tertiary/aromatic N) is 2. The van der Waals surface area contributed by atoms with Gasteiger partial charge >= 0.3 is 0 Å². The smallest absolute Gasteiger partial charge is 0.168 e. The van der Waals surface area contributed by atoms with Crippen molar-refractivity contribution in [1.29, 1.82) is 0 Å². The average Bonchev–Trinajstić information content (AvgIpc) is 2.39. The van der Waals surface area contributed by atoms with Gasteiger partial charge in [0.15, 0.2) is 10.2 Å². The molecule has 2 aliphatic rings. The molecule has 6 nitrogen and oxygen atoms in total. The maximum atomic E-state index is 5.01. The summed E-state index contributed by atoms with van der Waals surface area (Å²) in [4.78, 5) is 4.63. The quantitative estimate of drug-likeness (QED) is 0.386. The highest BCUT2D eigenvalue weighted by Crippen LogP contribution is 1.99. The second-order valence-electron chi connectivity index (χ2n) is 4.49. The van der Waals surface area contributed by atoms with Gasteiger partial charge in [0, 0.05) is 13.1 Å². The summed E-state index contributed by atoms with van der Waals surface area (Å²) >= 11 is 10.0. The molecule has 0 saturated carbocycles. The lowest BCUT2D eigenvalue weighted by Crippen LogP contribution is -2.54. The van der Waals surface area contributed by atoms with Crippen LogP contribution in [0.15, 0.2) is 0 Å².